The number of nitrogens with zero attached hydrogens (tertiary/aromatic N) is 4. The van der Waals surface area contributed by atoms with Crippen molar-refractivity contribution in [1.82, 2.24) is 20.2 Å². The molecule has 2 N–H and O–H groups in total. The van der Waals surface area contributed by atoms with Crippen molar-refractivity contribution in [2.75, 3.05) is 31.1 Å². The van der Waals surface area contributed by atoms with Gasteiger partial charge in [-0.15, -0.1) is 0 Å². The molecule has 2 aliphatic heterocycles. The predicted molar refractivity (Wildman–Crippen MR) is 138 cm³/mol. The zero-order chi connectivity index (χ0) is 24.9. The van der Waals surface area contributed by atoms with Crippen molar-refractivity contribution in [3.8, 4) is 0 Å². The number of piperazine rings is 1. The van der Waals surface area contributed by atoms with Crippen molar-refractivity contribution in [3.63, 3.8) is 0 Å². The first-order valence-corrected chi connectivity index (χ1v) is 13.2. The fourth-order valence-corrected chi connectivity index (χ4v) is 6.26. The Labute approximate surface area is 216 Å². The lowest BCUT2D eigenvalue weighted by molar-refractivity contribution is -0.133. The second kappa shape index (κ2) is 9.51. The molecule has 2 saturated heterocycles. The Kier molecular flexibility index (Phi) is 6.72. The van der Waals surface area contributed by atoms with E-state index in [4.69, 9.17) is 23.2 Å². The molecular weight excluding hydrogens is 485 g/mol. The van der Waals surface area contributed by atoms with E-state index in [1.54, 1.807) is 12.4 Å². The van der Waals surface area contributed by atoms with Crippen molar-refractivity contribution in [1.29, 1.82) is 0 Å². The number of anilines is 1. The molecule has 2 aromatic rings. The topological polar surface area (TPSA) is 81.6 Å². The zero-order valence-corrected chi connectivity index (χ0v) is 22.0. The molecule has 0 saturated carbocycles. The molecule has 2 unspecified atom stereocenters. The van der Waals surface area contributed by atoms with Crippen LogP contribution in [0.15, 0.2) is 24.5 Å². The summed E-state index contributed by atoms with van der Waals surface area (Å²) in [4.78, 5) is 27.1. The van der Waals surface area contributed by atoms with Crippen molar-refractivity contribution in [2.24, 2.45) is 0 Å². The summed E-state index contributed by atoms with van der Waals surface area (Å²) in [6, 6.07) is 5.59. The Hall–Kier alpha value is -1.93. The first kappa shape index (κ1) is 24.8. The van der Waals surface area contributed by atoms with Crippen molar-refractivity contribution >= 4 is 34.9 Å². The average Bonchev–Trinajstić information content (AvgIpc) is 3.34. The van der Waals surface area contributed by atoms with E-state index >= 15 is 0 Å². The predicted octanol–water partition coefficient (Wildman–Crippen LogP) is 4.29. The van der Waals surface area contributed by atoms with Gasteiger partial charge in [-0.3, -0.25) is 4.79 Å². The molecule has 35 heavy (non-hydrogen) atoms. The van der Waals surface area contributed by atoms with Crippen LogP contribution in [-0.2, 0) is 4.79 Å². The number of amides is 1. The van der Waals surface area contributed by atoms with Crippen LogP contribution in [-0.4, -0.2) is 63.6 Å². The number of carbonyl (C=O) groups excluding carboxylic acids is 1. The fourth-order valence-electron chi connectivity index (χ4n) is 5.95. The van der Waals surface area contributed by atoms with Gasteiger partial charge in [-0.05, 0) is 56.7 Å². The van der Waals surface area contributed by atoms with Gasteiger partial charge in [0.2, 0.25) is 5.91 Å². The molecule has 0 radical (unpaired) electrons. The Morgan fingerprint density at radius 2 is 1.91 bits per heavy atom. The third kappa shape index (κ3) is 4.76. The number of halogens is 2. The van der Waals surface area contributed by atoms with Crippen LogP contribution >= 0.6 is 23.2 Å². The molecule has 1 amide bonds. The zero-order valence-electron chi connectivity index (χ0n) is 20.5. The van der Waals surface area contributed by atoms with Crippen LogP contribution in [0.5, 0.6) is 0 Å². The summed E-state index contributed by atoms with van der Waals surface area (Å²) in [5.74, 6) is 0.907. The van der Waals surface area contributed by atoms with Gasteiger partial charge in [0.25, 0.3) is 0 Å². The third-order valence-corrected chi connectivity index (χ3v) is 8.54. The van der Waals surface area contributed by atoms with Gasteiger partial charge in [0.15, 0.2) is 0 Å². The first-order valence-electron chi connectivity index (χ1n) is 12.4. The number of carbonyl (C=O) groups is 1. The number of nitrogens with one attached hydrogen (secondary N) is 1. The summed E-state index contributed by atoms with van der Waals surface area (Å²) in [5.41, 5.74) is 2.69. The van der Waals surface area contributed by atoms with Gasteiger partial charge in [0.1, 0.15) is 12.1 Å². The highest BCUT2D eigenvalue weighted by Gasteiger charge is 2.41. The van der Waals surface area contributed by atoms with E-state index in [9.17, 15) is 9.90 Å². The van der Waals surface area contributed by atoms with Crippen LogP contribution in [0.25, 0.3) is 0 Å². The van der Waals surface area contributed by atoms with Crippen LogP contribution in [0.3, 0.4) is 0 Å². The standard InChI is InChI=1S/C26H33Cl2N5O2/c1-15-12-20(34)23-21(15)24(30-14-29-23)32-8-10-33(11-9-32)25(35)22(19-6-7-26(2,3)31-19)16-4-5-17(27)18(28)13-16/h4-5,13-15,19-20,22,31,34H,6-12H2,1-3H3/t15-,19?,20-,22?/m1/s1. The highest BCUT2D eigenvalue weighted by Crippen LogP contribution is 2.43. The van der Waals surface area contributed by atoms with Gasteiger partial charge < -0.3 is 20.2 Å². The van der Waals surface area contributed by atoms with E-state index in [-0.39, 0.29) is 29.3 Å². The minimum atomic E-state index is -0.528. The number of benzene rings is 1. The van der Waals surface area contributed by atoms with E-state index < -0.39 is 6.10 Å². The summed E-state index contributed by atoms with van der Waals surface area (Å²) in [7, 11) is 0. The van der Waals surface area contributed by atoms with Crippen molar-refractivity contribution < 1.29 is 9.90 Å². The van der Waals surface area contributed by atoms with Gasteiger partial charge in [0.05, 0.1) is 27.8 Å². The van der Waals surface area contributed by atoms with E-state index in [0.29, 0.717) is 42.6 Å². The molecule has 4 atom stereocenters. The summed E-state index contributed by atoms with van der Waals surface area (Å²) in [6.45, 7) is 9.08. The van der Waals surface area contributed by atoms with Crippen molar-refractivity contribution in [3.05, 3.63) is 51.4 Å². The lowest BCUT2D eigenvalue weighted by Gasteiger charge is -2.39. The van der Waals surface area contributed by atoms with E-state index in [2.05, 4.69) is 41.0 Å². The number of rotatable bonds is 4. The Bertz CT molecular complexity index is 1120. The Morgan fingerprint density at radius 1 is 1.17 bits per heavy atom. The molecule has 3 aliphatic rings. The molecule has 0 spiro atoms. The van der Waals surface area contributed by atoms with Gasteiger partial charge in [0, 0.05) is 43.3 Å². The number of aliphatic hydroxyl groups is 1. The van der Waals surface area contributed by atoms with E-state index in [1.165, 1.54) is 0 Å². The number of aliphatic hydroxyl groups excluding tert-OH is 1. The fraction of sp³-hybridized carbons (Fsp3) is 0.577. The molecular formula is C26H33Cl2N5O2. The molecule has 1 aromatic heterocycles. The maximum atomic E-state index is 14.0. The molecule has 3 heterocycles. The smallest absolute Gasteiger partial charge is 0.231 e. The highest BCUT2D eigenvalue weighted by atomic mass is 35.5. The van der Waals surface area contributed by atoms with Crippen LogP contribution in [0.4, 0.5) is 5.82 Å². The maximum Gasteiger partial charge on any atom is 0.231 e. The Morgan fingerprint density at radius 3 is 2.57 bits per heavy atom. The lowest BCUT2D eigenvalue weighted by atomic mass is 9.88. The molecule has 2 fully saturated rings. The van der Waals surface area contributed by atoms with Crippen LogP contribution in [0.2, 0.25) is 10.0 Å². The molecule has 7 nitrogen and oxygen atoms in total. The number of hydrogen-bond donors (Lipinski definition) is 2. The molecule has 5 rings (SSSR count). The second-order valence-electron chi connectivity index (χ2n) is 10.8. The minimum absolute atomic E-state index is 0.00718. The van der Waals surface area contributed by atoms with Crippen LogP contribution < -0.4 is 10.2 Å². The van der Waals surface area contributed by atoms with Crippen LogP contribution in [0, 0.1) is 0 Å². The number of aromatic nitrogens is 2. The SMILES string of the molecule is C[C@@H]1C[C@@H](O)c2ncnc(N3CCN(C(=O)C(c4ccc(Cl)c(Cl)c4)C4CCC(C)(C)N4)CC3)c21. The molecule has 9 heteroatoms. The minimum Gasteiger partial charge on any atom is -0.387 e. The van der Waals surface area contributed by atoms with Gasteiger partial charge in [-0.25, -0.2) is 9.97 Å². The second-order valence-corrected chi connectivity index (χ2v) is 11.6. The summed E-state index contributed by atoms with van der Waals surface area (Å²) in [5, 5.41) is 15.0. The van der Waals surface area contributed by atoms with Crippen molar-refractivity contribution in [2.45, 2.75) is 69.6 Å². The summed E-state index contributed by atoms with van der Waals surface area (Å²) >= 11 is 12.5. The maximum absolute atomic E-state index is 14.0. The quantitative estimate of drug-likeness (QED) is 0.629. The largest absolute Gasteiger partial charge is 0.387 e. The normalized spacial score (nSPS) is 26.6. The summed E-state index contributed by atoms with van der Waals surface area (Å²) in [6.07, 6.45) is 3.63. The highest BCUT2D eigenvalue weighted by molar-refractivity contribution is 6.42. The molecule has 1 aromatic carbocycles. The lowest BCUT2D eigenvalue weighted by Crippen LogP contribution is -2.53. The van der Waals surface area contributed by atoms with Gasteiger partial charge in [-0.1, -0.05) is 36.2 Å². The van der Waals surface area contributed by atoms with Gasteiger partial charge in [-0.2, -0.15) is 0 Å². The molecule has 1 aliphatic carbocycles. The van der Waals surface area contributed by atoms with E-state index in [0.717, 1.165) is 35.5 Å². The summed E-state index contributed by atoms with van der Waals surface area (Å²) < 4.78 is 0. The van der Waals surface area contributed by atoms with Gasteiger partial charge >= 0.3 is 0 Å². The number of fused-ring (bicyclic) bond motifs is 1. The monoisotopic (exact) mass is 517 g/mol. The van der Waals surface area contributed by atoms with E-state index in [1.807, 2.05) is 17.0 Å². The first-order chi connectivity index (χ1) is 16.6. The van der Waals surface area contributed by atoms with Crippen LogP contribution in [0.1, 0.15) is 74.8 Å². The number of hydrogen-bond acceptors (Lipinski definition) is 6. The molecule has 0 bridgehead atoms. The Balaban J connectivity index is 1.35. The molecule has 188 valence electrons. The average molecular weight is 518 g/mol. The third-order valence-electron chi connectivity index (χ3n) is 7.80.